The van der Waals surface area contributed by atoms with Gasteiger partial charge >= 0.3 is 0 Å². The minimum Gasteiger partial charge on any atom is -0.402 e. The molecule has 0 aliphatic heterocycles. The Morgan fingerprint density at radius 1 is 1.50 bits per heavy atom. The Kier molecular flexibility index (Phi) is 3.77. The van der Waals surface area contributed by atoms with Crippen LogP contribution in [-0.2, 0) is 0 Å². The fourth-order valence-electron chi connectivity index (χ4n) is 0.451. The Morgan fingerprint density at radius 2 is 2.00 bits per heavy atom. The molecule has 58 valence electrons. The van der Waals surface area contributed by atoms with Crippen LogP contribution >= 0.6 is 0 Å². The Morgan fingerprint density at radius 3 is 2.30 bits per heavy atom. The molecule has 1 nitrogen and oxygen atoms in total. The van der Waals surface area contributed by atoms with Crippen LogP contribution in [0.15, 0.2) is 23.2 Å². The van der Waals surface area contributed by atoms with Crippen LogP contribution in [0.5, 0.6) is 0 Å². The average molecular weight is 143 g/mol. The van der Waals surface area contributed by atoms with Crippen molar-refractivity contribution < 1.29 is 4.39 Å². The standard InChI is InChI=1S/C8H14FN/c1-4-8(9)5-6(2)7(3)10/h5H,4,10H2,1-3H3/b7-6-,8-5+. The third kappa shape index (κ3) is 3.28. The minimum absolute atomic E-state index is 0.123. The van der Waals surface area contributed by atoms with E-state index in [0.717, 1.165) is 5.57 Å². The Balaban J connectivity index is 4.27. The topological polar surface area (TPSA) is 26.0 Å². The van der Waals surface area contributed by atoms with Crippen LogP contribution in [0.25, 0.3) is 0 Å². The second kappa shape index (κ2) is 4.09. The molecule has 0 aliphatic carbocycles. The zero-order valence-corrected chi connectivity index (χ0v) is 6.74. The van der Waals surface area contributed by atoms with Gasteiger partial charge in [-0.25, -0.2) is 4.39 Å². The summed E-state index contributed by atoms with van der Waals surface area (Å²) in [6.07, 6.45) is 1.90. The zero-order valence-electron chi connectivity index (χ0n) is 6.74. The molecule has 10 heavy (non-hydrogen) atoms. The minimum atomic E-state index is -0.123. The molecule has 0 rings (SSSR count). The third-order valence-corrected chi connectivity index (χ3v) is 1.33. The quantitative estimate of drug-likeness (QED) is 0.590. The van der Waals surface area contributed by atoms with Crippen molar-refractivity contribution in [2.75, 3.05) is 0 Å². The first-order valence-electron chi connectivity index (χ1n) is 3.37. The molecule has 0 bridgehead atoms. The van der Waals surface area contributed by atoms with Crippen molar-refractivity contribution in [3.05, 3.63) is 23.2 Å². The molecule has 0 heterocycles. The maximum atomic E-state index is 12.5. The molecule has 0 saturated heterocycles. The number of allylic oxidation sites excluding steroid dienone is 4. The Labute approximate surface area is 61.4 Å². The van der Waals surface area contributed by atoms with Crippen LogP contribution in [0.4, 0.5) is 4.39 Å². The smallest absolute Gasteiger partial charge is 0.1000 e. The molecule has 0 spiro atoms. The monoisotopic (exact) mass is 143 g/mol. The van der Waals surface area contributed by atoms with Gasteiger partial charge in [-0.15, -0.1) is 0 Å². The number of halogens is 1. The van der Waals surface area contributed by atoms with Crippen molar-refractivity contribution in [2.24, 2.45) is 5.73 Å². The summed E-state index contributed by atoms with van der Waals surface area (Å²) in [4.78, 5) is 0. The van der Waals surface area contributed by atoms with Crippen LogP contribution in [0.1, 0.15) is 27.2 Å². The lowest BCUT2D eigenvalue weighted by atomic mass is 10.2. The fourth-order valence-corrected chi connectivity index (χ4v) is 0.451. The van der Waals surface area contributed by atoms with E-state index in [2.05, 4.69) is 0 Å². The van der Waals surface area contributed by atoms with Gasteiger partial charge in [-0.05, 0) is 31.9 Å². The maximum absolute atomic E-state index is 12.5. The van der Waals surface area contributed by atoms with Gasteiger partial charge in [-0.1, -0.05) is 6.92 Å². The molecule has 0 amide bonds. The highest BCUT2D eigenvalue weighted by atomic mass is 19.1. The summed E-state index contributed by atoms with van der Waals surface area (Å²) in [5.74, 6) is -0.123. The van der Waals surface area contributed by atoms with Crippen molar-refractivity contribution >= 4 is 0 Å². The van der Waals surface area contributed by atoms with Gasteiger partial charge in [0.05, 0.1) is 5.83 Å². The molecule has 0 radical (unpaired) electrons. The van der Waals surface area contributed by atoms with Gasteiger partial charge in [0.1, 0.15) is 0 Å². The summed E-state index contributed by atoms with van der Waals surface area (Å²) in [7, 11) is 0. The van der Waals surface area contributed by atoms with E-state index in [1.54, 1.807) is 20.8 Å². The molecule has 0 aromatic carbocycles. The molecule has 0 fully saturated rings. The molecule has 0 atom stereocenters. The summed E-state index contributed by atoms with van der Waals surface area (Å²) < 4.78 is 12.5. The number of hydrogen-bond donors (Lipinski definition) is 1. The SMILES string of the molecule is CC/C(F)=C\C(C)=C(\C)N. The predicted octanol–water partition coefficient (Wildman–Crippen LogP) is 2.50. The summed E-state index contributed by atoms with van der Waals surface area (Å²) in [6, 6.07) is 0. The van der Waals surface area contributed by atoms with Crippen molar-refractivity contribution in [3.63, 3.8) is 0 Å². The fraction of sp³-hybridized carbons (Fsp3) is 0.500. The van der Waals surface area contributed by atoms with Gasteiger partial charge in [0.2, 0.25) is 0 Å². The summed E-state index contributed by atoms with van der Waals surface area (Å²) in [6.45, 7) is 5.32. The summed E-state index contributed by atoms with van der Waals surface area (Å²) in [5.41, 5.74) is 6.88. The van der Waals surface area contributed by atoms with Crippen molar-refractivity contribution in [1.29, 1.82) is 0 Å². The highest BCUT2D eigenvalue weighted by Crippen LogP contribution is 2.07. The van der Waals surface area contributed by atoms with Crippen molar-refractivity contribution in [3.8, 4) is 0 Å². The second-order valence-electron chi connectivity index (χ2n) is 2.31. The van der Waals surface area contributed by atoms with E-state index in [0.29, 0.717) is 12.1 Å². The van der Waals surface area contributed by atoms with E-state index in [1.807, 2.05) is 0 Å². The number of nitrogens with two attached hydrogens (primary N) is 1. The van der Waals surface area contributed by atoms with Gasteiger partial charge in [0.15, 0.2) is 0 Å². The molecular formula is C8H14FN. The van der Waals surface area contributed by atoms with Gasteiger partial charge in [-0.3, -0.25) is 0 Å². The van der Waals surface area contributed by atoms with Crippen LogP contribution in [0.3, 0.4) is 0 Å². The lowest BCUT2D eigenvalue weighted by Gasteiger charge is -1.95. The van der Waals surface area contributed by atoms with E-state index in [9.17, 15) is 4.39 Å². The highest BCUT2D eigenvalue weighted by Gasteiger charge is 1.91. The molecule has 2 N–H and O–H groups in total. The number of rotatable bonds is 2. The van der Waals surface area contributed by atoms with E-state index in [1.165, 1.54) is 6.08 Å². The van der Waals surface area contributed by atoms with E-state index >= 15 is 0 Å². The lowest BCUT2D eigenvalue weighted by molar-refractivity contribution is 0.603. The summed E-state index contributed by atoms with van der Waals surface area (Å²) >= 11 is 0. The molecule has 2 heteroatoms. The molecule has 0 aromatic heterocycles. The van der Waals surface area contributed by atoms with Gasteiger partial charge in [0, 0.05) is 5.70 Å². The average Bonchev–Trinajstić information content (AvgIpc) is 1.87. The van der Waals surface area contributed by atoms with E-state index in [4.69, 9.17) is 5.73 Å². The zero-order chi connectivity index (χ0) is 8.15. The highest BCUT2D eigenvalue weighted by molar-refractivity contribution is 5.22. The Hall–Kier alpha value is -0.790. The predicted molar refractivity (Wildman–Crippen MR) is 42.0 cm³/mol. The second-order valence-corrected chi connectivity index (χ2v) is 2.31. The van der Waals surface area contributed by atoms with E-state index in [-0.39, 0.29) is 5.83 Å². The molecule has 0 aliphatic rings. The lowest BCUT2D eigenvalue weighted by Crippen LogP contribution is -1.93. The van der Waals surface area contributed by atoms with E-state index < -0.39 is 0 Å². The molecule has 0 aromatic rings. The maximum Gasteiger partial charge on any atom is 0.1000 e. The largest absolute Gasteiger partial charge is 0.402 e. The third-order valence-electron chi connectivity index (χ3n) is 1.33. The van der Waals surface area contributed by atoms with Crippen LogP contribution in [0, 0.1) is 0 Å². The summed E-state index contributed by atoms with van der Waals surface area (Å²) in [5, 5.41) is 0. The first-order chi connectivity index (χ1) is 4.57. The normalized spacial score (nSPS) is 15.0. The van der Waals surface area contributed by atoms with Gasteiger partial charge < -0.3 is 5.73 Å². The first-order valence-corrected chi connectivity index (χ1v) is 3.37. The van der Waals surface area contributed by atoms with Crippen LogP contribution in [0.2, 0.25) is 0 Å². The van der Waals surface area contributed by atoms with Gasteiger partial charge in [-0.2, -0.15) is 0 Å². The van der Waals surface area contributed by atoms with Crippen LogP contribution in [-0.4, -0.2) is 0 Å². The van der Waals surface area contributed by atoms with Crippen molar-refractivity contribution in [1.82, 2.24) is 0 Å². The van der Waals surface area contributed by atoms with Crippen LogP contribution < -0.4 is 5.73 Å². The molecule has 0 saturated carbocycles. The molecular weight excluding hydrogens is 129 g/mol. The van der Waals surface area contributed by atoms with Gasteiger partial charge in [0.25, 0.3) is 0 Å². The first kappa shape index (κ1) is 9.21. The van der Waals surface area contributed by atoms with Crippen molar-refractivity contribution in [2.45, 2.75) is 27.2 Å². The number of hydrogen-bond acceptors (Lipinski definition) is 1. The Bertz CT molecular complexity index is 164. The molecule has 0 unspecified atom stereocenters.